The Kier molecular flexibility index (Phi) is 4.88. The molecule has 52 valence electrons. The molecule has 0 radical (unpaired) electrons. The second-order valence-electron chi connectivity index (χ2n) is 1.62. The Bertz CT molecular complexity index is 105. The molecule has 0 aliphatic carbocycles. The first-order valence-corrected chi connectivity index (χ1v) is 3.11. The highest BCUT2D eigenvalue weighted by Crippen LogP contribution is 1.94. The molecule has 9 heavy (non-hydrogen) atoms. The molecule has 2 nitrogen and oxygen atoms in total. The largest absolute Gasteiger partial charge is 0.501 e. The van der Waals surface area contributed by atoms with Crippen LogP contribution in [0.4, 0.5) is 0 Å². The summed E-state index contributed by atoms with van der Waals surface area (Å²) in [7, 11) is 0. The first-order valence-electron chi connectivity index (χ1n) is 3.11. The summed E-state index contributed by atoms with van der Waals surface area (Å²) in [5.74, 6) is 0. The van der Waals surface area contributed by atoms with E-state index >= 15 is 0 Å². The zero-order chi connectivity index (χ0) is 7.11. The lowest BCUT2D eigenvalue weighted by Crippen LogP contribution is -1.85. The maximum absolute atomic E-state index is 10.1. The van der Waals surface area contributed by atoms with Crippen molar-refractivity contribution < 1.29 is 9.53 Å². The standard InChI is InChI=1S/C7H12O2/c1-3-7(5-8)6-9-4-2/h5-6H,3-4H2,1-2H3/b7-6+. The highest BCUT2D eigenvalue weighted by atomic mass is 16.5. The number of hydrogen-bond donors (Lipinski definition) is 0. The van der Waals surface area contributed by atoms with Crippen molar-refractivity contribution >= 4 is 6.29 Å². The Morgan fingerprint density at radius 1 is 1.56 bits per heavy atom. The van der Waals surface area contributed by atoms with Gasteiger partial charge in [-0.1, -0.05) is 6.92 Å². The van der Waals surface area contributed by atoms with E-state index in [-0.39, 0.29) is 0 Å². The number of rotatable bonds is 4. The Hall–Kier alpha value is -0.790. The van der Waals surface area contributed by atoms with Crippen molar-refractivity contribution in [1.29, 1.82) is 0 Å². The molecule has 0 amide bonds. The summed E-state index contributed by atoms with van der Waals surface area (Å²) < 4.78 is 4.88. The van der Waals surface area contributed by atoms with Crippen LogP contribution in [0.1, 0.15) is 20.3 Å². The molecule has 2 heteroatoms. The normalized spacial score (nSPS) is 11.1. The van der Waals surface area contributed by atoms with Gasteiger partial charge < -0.3 is 4.74 Å². The van der Waals surface area contributed by atoms with E-state index in [0.29, 0.717) is 12.2 Å². The van der Waals surface area contributed by atoms with Gasteiger partial charge in [0.2, 0.25) is 0 Å². The molecule has 0 spiro atoms. The van der Waals surface area contributed by atoms with Crippen LogP contribution in [0.3, 0.4) is 0 Å². The highest BCUT2D eigenvalue weighted by Gasteiger charge is 1.87. The minimum Gasteiger partial charge on any atom is -0.501 e. The van der Waals surface area contributed by atoms with Crippen molar-refractivity contribution in [1.82, 2.24) is 0 Å². The number of hydrogen-bond acceptors (Lipinski definition) is 2. The topological polar surface area (TPSA) is 26.3 Å². The van der Waals surface area contributed by atoms with Crippen LogP contribution in [-0.4, -0.2) is 12.9 Å². The molecule has 0 aromatic heterocycles. The summed E-state index contributed by atoms with van der Waals surface area (Å²) in [4.78, 5) is 10.1. The van der Waals surface area contributed by atoms with Gasteiger partial charge in [0.25, 0.3) is 0 Å². The Balaban J connectivity index is 3.61. The highest BCUT2D eigenvalue weighted by molar-refractivity contribution is 5.72. The fraction of sp³-hybridized carbons (Fsp3) is 0.571. The van der Waals surface area contributed by atoms with E-state index in [1.165, 1.54) is 6.26 Å². The van der Waals surface area contributed by atoms with Crippen LogP contribution in [0.25, 0.3) is 0 Å². The average molecular weight is 128 g/mol. The molecule has 0 rings (SSSR count). The van der Waals surface area contributed by atoms with Gasteiger partial charge in [-0.3, -0.25) is 4.79 Å². The summed E-state index contributed by atoms with van der Waals surface area (Å²) in [6.45, 7) is 4.42. The number of allylic oxidation sites excluding steroid dienone is 1. The fourth-order valence-corrected chi connectivity index (χ4v) is 0.385. The third kappa shape index (κ3) is 3.76. The molecule has 0 fully saturated rings. The van der Waals surface area contributed by atoms with Crippen LogP contribution >= 0.6 is 0 Å². The predicted octanol–water partition coefficient (Wildman–Crippen LogP) is 1.52. The summed E-state index contributed by atoms with van der Waals surface area (Å²) in [5.41, 5.74) is 0.705. The van der Waals surface area contributed by atoms with Gasteiger partial charge in [0.15, 0.2) is 0 Å². The van der Waals surface area contributed by atoms with Gasteiger partial charge >= 0.3 is 0 Å². The molecule has 0 N–H and O–H groups in total. The Labute approximate surface area is 55.5 Å². The van der Waals surface area contributed by atoms with Gasteiger partial charge in [0.1, 0.15) is 6.29 Å². The molecule has 0 saturated carbocycles. The zero-order valence-electron chi connectivity index (χ0n) is 5.89. The summed E-state index contributed by atoms with van der Waals surface area (Å²) in [6, 6.07) is 0. The lowest BCUT2D eigenvalue weighted by atomic mass is 10.3. The van der Waals surface area contributed by atoms with E-state index in [9.17, 15) is 4.79 Å². The minimum absolute atomic E-state index is 0.622. The summed E-state index contributed by atoms with van der Waals surface area (Å²) in [6.07, 6.45) is 3.06. The van der Waals surface area contributed by atoms with Crippen LogP contribution in [0.15, 0.2) is 11.8 Å². The van der Waals surface area contributed by atoms with Gasteiger partial charge in [0, 0.05) is 5.57 Å². The second kappa shape index (κ2) is 5.35. The number of carbonyl (C=O) groups is 1. The monoisotopic (exact) mass is 128 g/mol. The molecule has 0 unspecified atom stereocenters. The van der Waals surface area contributed by atoms with Crippen molar-refractivity contribution in [3.05, 3.63) is 11.8 Å². The van der Waals surface area contributed by atoms with Crippen molar-refractivity contribution in [2.45, 2.75) is 20.3 Å². The Morgan fingerprint density at radius 2 is 2.22 bits per heavy atom. The molecule has 0 atom stereocenters. The minimum atomic E-state index is 0.622. The van der Waals surface area contributed by atoms with Crippen molar-refractivity contribution in [2.24, 2.45) is 0 Å². The van der Waals surface area contributed by atoms with Crippen LogP contribution in [0.5, 0.6) is 0 Å². The van der Waals surface area contributed by atoms with Crippen LogP contribution in [0.2, 0.25) is 0 Å². The van der Waals surface area contributed by atoms with Crippen LogP contribution in [-0.2, 0) is 9.53 Å². The fourth-order valence-electron chi connectivity index (χ4n) is 0.385. The quantitative estimate of drug-likeness (QED) is 0.326. The van der Waals surface area contributed by atoms with Gasteiger partial charge in [-0.05, 0) is 13.3 Å². The van der Waals surface area contributed by atoms with E-state index in [1.807, 2.05) is 13.8 Å². The van der Waals surface area contributed by atoms with Crippen molar-refractivity contribution in [3.8, 4) is 0 Å². The maximum Gasteiger partial charge on any atom is 0.149 e. The number of carbonyl (C=O) groups excluding carboxylic acids is 1. The smallest absolute Gasteiger partial charge is 0.149 e. The van der Waals surface area contributed by atoms with Crippen molar-refractivity contribution in [3.63, 3.8) is 0 Å². The van der Waals surface area contributed by atoms with Gasteiger partial charge in [0.05, 0.1) is 12.9 Å². The lowest BCUT2D eigenvalue weighted by Gasteiger charge is -1.94. The van der Waals surface area contributed by atoms with E-state index in [2.05, 4.69) is 0 Å². The number of ether oxygens (including phenoxy) is 1. The zero-order valence-corrected chi connectivity index (χ0v) is 5.89. The first kappa shape index (κ1) is 8.21. The van der Waals surface area contributed by atoms with Gasteiger partial charge in [-0.15, -0.1) is 0 Å². The molecule has 0 bridgehead atoms. The molecule has 0 aliphatic heterocycles. The van der Waals surface area contributed by atoms with E-state index in [1.54, 1.807) is 0 Å². The first-order chi connectivity index (χ1) is 4.35. The van der Waals surface area contributed by atoms with E-state index in [4.69, 9.17) is 4.74 Å². The molecule has 0 saturated heterocycles. The van der Waals surface area contributed by atoms with Crippen molar-refractivity contribution in [2.75, 3.05) is 6.61 Å². The van der Waals surface area contributed by atoms with E-state index < -0.39 is 0 Å². The molecule has 0 heterocycles. The van der Waals surface area contributed by atoms with Crippen LogP contribution < -0.4 is 0 Å². The van der Waals surface area contributed by atoms with Gasteiger partial charge in [-0.2, -0.15) is 0 Å². The predicted molar refractivity (Wildman–Crippen MR) is 36.1 cm³/mol. The molecule has 0 aromatic carbocycles. The summed E-state index contributed by atoms with van der Waals surface area (Å²) in [5, 5.41) is 0. The number of aldehydes is 1. The van der Waals surface area contributed by atoms with E-state index in [0.717, 1.165) is 12.7 Å². The maximum atomic E-state index is 10.1. The average Bonchev–Trinajstić information content (AvgIpc) is 1.91. The SMILES string of the molecule is CCO/C=C(/C=O)CC. The van der Waals surface area contributed by atoms with Gasteiger partial charge in [-0.25, -0.2) is 0 Å². The molecule has 0 aliphatic rings. The van der Waals surface area contributed by atoms with Crippen LogP contribution in [0, 0.1) is 0 Å². The Morgan fingerprint density at radius 3 is 2.56 bits per heavy atom. The third-order valence-electron chi connectivity index (χ3n) is 0.961. The molecule has 0 aromatic rings. The summed E-state index contributed by atoms with van der Waals surface area (Å²) >= 11 is 0. The molecular formula is C7H12O2. The molecular weight excluding hydrogens is 116 g/mol. The lowest BCUT2D eigenvalue weighted by molar-refractivity contribution is -0.105. The second-order valence-corrected chi connectivity index (χ2v) is 1.62. The third-order valence-corrected chi connectivity index (χ3v) is 0.961.